The minimum Gasteiger partial charge on any atom is -0.481 e. The summed E-state index contributed by atoms with van der Waals surface area (Å²) in [6.45, 7) is 0. The van der Waals surface area contributed by atoms with E-state index in [0.717, 1.165) is 6.26 Å². The molecule has 6 nitrogen and oxygen atoms in total. The van der Waals surface area contributed by atoms with Gasteiger partial charge in [0.25, 0.3) is 0 Å². The zero-order valence-corrected chi connectivity index (χ0v) is 11.0. The van der Waals surface area contributed by atoms with Gasteiger partial charge in [0.05, 0.1) is 22.4 Å². The van der Waals surface area contributed by atoms with Gasteiger partial charge in [-0.2, -0.15) is 0 Å². The average Bonchev–Trinajstić information content (AvgIpc) is 3.08. The molecule has 0 spiro atoms. The van der Waals surface area contributed by atoms with Gasteiger partial charge in [-0.15, -0.1) is 0 Å². The van der Waals surface area contributed by atoms with Crippen molar-refractivity contribution in [3.8, 4) is 0 Å². The van der Waals surface area contributed by atoms with Crippen molar-refractivity contribution in [1.82, 2.24) is 0 Å². The highest BCUT2D eigenvalue weighted by Gasteiger charge is 2.48. The Bertz CT molecular complexity index is 637. The van der Waals surface area contributed by atoms with Crippen molar-refractivity contribution in [3.05, 3.63) is 24.3 Å². The Hall–Kier alpha value is -1.89. The van der Waals surface area contributed by atoms with Crippen LogP contribution in [0.3, 0.4) is 0 Å². The summed E-state index contributed by atoms with van der Waals surface area (Å²) < 4.78 is 23.1. The van der Waals surface area contributed by atoms with Crippen LogP contribution in [-0.4, -0.2) is 31.7 Å². The molecule has 7 heteroatoms. The third-order valence-corrected chi connectivity index (χ3v) is 4.14. The summed E-state index contributed by atoms with van der Waals surface area (Å²) in [6, 6.07) is 6.04. The van der Waals surface area contributed by atoms with Crippen LogP contribution in [0.5, 0.6) is 0 Å². The summed E-state index contributed by atoms with van der Waals surface area (Å²) >= 11 is 0. The maximum Gasteiger partial charge on any atom is 0.307 e. The lowest BCUT2D eigenvalue weighted by molar-refractivity contribution is -0.139. The normalized spacial score (nSPS) is 21.7. The van der Waals surface area contributed by atoms with Gasteiger partial charge in [0.15, 0.2) is 9.84 Å². The molecule has 1 saturated carbocycles. The highest BCUT2D eigenvalue weighted by molar-refractivity contribution is 7.90. The maximum atomic E-state index is 11.8. The minimum absolute atomic E-state index is 0.0240. The first-order chi connectivity index (χ1) is 8.80. The van der Waals surface area contributed by atoms with E-state index < -0.39 is 33.5 Å². The number of anilines is 1. The van der Waals surface area contributed by atoms with Crippen molar-refractivity contribution in [2.24, 2.45) is 11.8 Å². The monoisotopic (exact) mass is 283 g/mol. The zero-order valence-electron chi connectivity index (χ0n) is 10.2. The Morgan fingerprint density at radius 1 is 1.26 bits per heavy atom. The second-order valence-electron chi connectivity index (χ2n) is 4.54. The molecule has 0 unspecified atom stereocenters. The lowest BCUT2D eigenvalue weighted by Gasteiger charge is -2.09. The molecule has 0 aliphatic heterocycles. The van der Waals surface area contributed by atoms with E-state index >= 15 is 0 Å². The lowest BCUT2D eigenvalue weighted by Crippen LogP contribution is -2.18. The van der Waals surface area contributed by atoms with E-state index in [1.807, 2.05) is 0 Å². The molecule has 1 aliphatic carbocycles. The van der Waals surface area contributed by atoms with Crippen LogP contribution in [-0.2, 0) is 19.4 Å². The maximum absolute atomic E-state index is 11.8. The molecule has 19 heavy (non-hydrogen) atoms. The van der Waals surface area contributed by atoms with Crippen molar-refractivity contribution < 1.29 is 23.1 Å². The van der Waals surface area contributed by atoms with Crippen molar-refractivity contribution in [2.45, 2.75) is 11.3 Å². The molecular formula is C12H13NO5S. The molecule has 0 radical (unpaired) electrons. The lowest BCUT2D eigenvalue weighted by atomic mass is 10.2. The number of hydrogen-bond donors (Lipinski definition) is 2. The number of carbonyl (C=O) groups is 2. The highest BCUT2D eigenvalue weighted by atomic mass is 32.2. The molecule has 2 N–H and O–H groups in total. The Balaban J connectivity index is 2.17. The van der Waals surface area contributed by atoms with Crippen LogP contribution in [0.4, 0.5) is 5.69 Å². The SMILES string of the molecule is CS(=O)(=O)c1ccccc1NC(=O)[C@@H]1C[C@@H]1C(=O)O. The molecule has 1 aromatic carbocycles. The number of hydrogen-bond acceptors (Lipinski definition) is 4. The van der Waals surface area contributed by atoms with Crippen molar-refractivity contribution in [2.75, 3.05) is 11.6 Å². The second-order valence-corrected chi connectivity index (χ2v) is 6.53. The average molecular weight is 283 g/mol. The summed E-state index contributed by atoms with van der Waals surface area (Å²) in [7, 11) is -3.45. The summed E-state index contributed by atoms with van der Waals surface area (Å²) in [5.74, 6) is -2.70. The van der Waals surface area contributed by atoms with E-state index in [2.05, 4.69) is 5.32 Å². The van der Waals surface area contributed by atoms with E-state index in [1.54, 1.807) is 12.1 Å². The highest BCUT2D eigenvalue weighted by Crippen LogP contribution is 2.39. The molecule has 2 rings (SSSR count). The fraction of sp³-hybridized carbons (Fsp3) is 0.333. The van der Waals surface area contributed by atoms with Crippen molar-refractivity contribution in [1.29, 1.82) is 0 Å². The summed E-state index contributed by atoms with van der Waals surface area (Å²) in [5, 5.41) is 11.2. The number of sulfone groups is 1. The van der Waals surface area contributed by atoms with Crippen LogP contribution in [0.2, 0.25) is 0 Å². The zero-order chi connectivity index (χ0) is 14.2. The fourth-order valence-electron chi connectivity index (χ4n) is 1.88. The standard InChI is InChI=1S/C12H13NO5S/c1-19(17,18)10-5-3-2-4-9(10)13-11(14)7-6-8(7)12(15)16/h2-5,7-8H,6H2,1H3,(H,13,14)(H,15,16)/t7-,8+/m1/s1. The largest absolute Gasteiger partial charge is 0.481 e. The van der Waals surface area contributed by atoms with Crippen LogP contribution >= 0.6 is 0 Å². The predicted molar refractivity (Wildman–Crippen MR) is 67.4 cm³/mol. The molecule has 1 amide bonds. The number of carboxylic acid groups (broad SMARTS) is 1. The van der Waals surface area contributed by atoms with Gasteiger partial charge in [0.2, 0.25) is 5.91 Å². The third kappa shape index (κ3) is 2.93. The number of carbonyl (C=O) groups excluding carboxylic acids is 1. The Labute approximate surface area is 110 Å². The molecule has 0 heterocycles. The number of nitrogens with one attached hydrogen (secondary N) is 1. The molecule has 0 bridgehead atoms. The van der Waals surface area contributed by atoms with Crippen LogP contribution in [0.1, 0.15) is 6.42 Å². The Morgan fingerprint density at radius 2 is 1.89 bits per heavy atom. The molecule has 0 aromatic heterocycles. The van der Waals surface area contributed by atoms with E-state index in [0.29, 0.717) is 6.42 Å². The first kappa shape index (κ1) is 13.5. The molecular weight excluding hydrogens is 270 g/mol. The predicted octanol–water partition coefficient (Wildman–Crippen LogP) is 0.749. The summed E-state index contributed by atoms with van der Waals surface area (Å²) in [5.41, 5.74) is 0.186. The van der Waals surface area contributed by atoms with Crippen molar-refractivity contribution in [3.63, 3.8) is 0 Å². The Kier molecular flexibility index (Phi) is 3.32. The number of para-hydroxylation sites is 1. The quantitative estimate of drug-likeness (QED) is 0.849. The van der Waals surface area contributed by atoms with Gasteiger partial charge in [-0.05, 0) is 18.6 Å². The van der Waals surface area contributed by atoms with E-state index in [-0.39, 0.29) is 10.6 Å². The number of rotatable bonds is 4. The van der Waals surface area contributed by atoms with Gasteiger partial charge in [0, 0.05) is 6.26 Å². The number of aliphatic carboxylic acids is 1. The number of carboxylic acids is 1. The number of benzene rings is 1. The molecule has 1 fully saturated rings. The van der Waals surface area contributed by atoms with Crippen LogP contribution in [0.15, 0.2) is 29.2 Å². The number of amides is 1. The van der Waals surface area contributed by atoms with Crippen LogP contribution < -0.4 is 5.32 Å². The van der Waals surface area contributed by atoms with Gasteiger partial charge in [-0.3, -0.25) is 9.59 Å². The van der Waals surface area contributed by atoms with Crippen LogP contribution in [0, 0.1) is 11.8 Å². The molecule has 1 aromatic rings. The second kappa shape index (κ2) is 4.65. The fourth-order valence-corrected chi connectivity index (χ4v) is 2.72. The molecule has 2 atom stereocenters. The van der Waals surface area contributed by atoms with E-state index in [1.165, 1.54) is 12.1 Å². The first-order valence-corrected chi connectivity index (χ1v) is 7.52. The van der Waals surface area contributed by atoms with Crippen molar-refractivity contribution >= 4 is 27.4 Å². The topological polar surface area (TPSA) is 101 Å². The van der Waals surface area contributed by atoms with Gasteiger partial charge in [0.1, 0.15) is 0 Å². The first-order valence-electron chi connectivity index (χ1n) is 5.63. The summed E-state index contributed by atoms with van der Waals surface area (Å²) in [4.78, 5) is 22.5. The van der Waals surface area contributed by atoms with Gasteiger partial charge < -0.3 is 10.4 Å². The van der Waals surface area contributed by atoms with Gasteiger partial charge in [-0.25, -0.2) is 8.42 Å². The molecule has 1 aliphatic rings. The third-order valence-electron chi connectivity index (χ3n) is 2.99. The molecule has 0 saturated heterocycles. The van der Waals surface area contributed by atoms with Crippen LogP contribution in [0.25, 0.3) is 0 Å². The van der Waals surface area contributed by atoms with E-state index in [4.69, 9.17) is 5.11 Å². The summed E-state index contributed by atoms with van der Waals surface area (Å²) in [6.07, 6.45) is 1.34. The van der Waals surface area contributed by atoms with Gasteiger partial charge >= 0.3 is 5.97 Å². The Morgan fingerprint density at radius 3 is 2.42 bits per heavy atom. The minimum atomic E-state index is -3.45. The smallest absolute Gasteiger partial charge is 0.307 e. The molecule has 102 valence electrons. The van der Waals surface area contributed by atoms with Gasteiger partial charge in [-0.1, -0.05) is 12.1 Å². The van der Waals surface area contributed by atoms with E-state index in [9.17, 15) is 18.0 Å².